The molecule has 2 fully saturated rings. The molecule has 2 amide bonds. The Labute approximate surface area is 251 Å². The maximum Gasteiger partial charge on any atom is 0.410 e. The summed E-state index contributed by atoms with van der Waals surface area (Å²) in [4.78, 5) is 29.4. The van der Waals surface area contributed by atoms with Crippen molar-refractivity contribution in [2.75, 3.05) is 32.8 Å². The van der Waals surface area contributed by atoms with Crippen LogP contribution >= 0.6 is 23.2 Å². The van der Waals surface area contributed by atoms with E-state index in [1.807, 2.05) is 46.4 Å². The summed E-state index contributed by atoms with van der Waals surface area (Å²) < 4.78 is 27.5. The number of piperidine rings is 1. The molecule has 0 radical (unpaired) electrons. The van der Waals surface area contributed by atoms with Crippen molar-refractivity contribution >= 4 is 46.2 Å². The minimum atomic E-state index is -1.36. The zero-order chi connectivity index (χ0) is 29.8. The van der Waals surface area contributed by atoms with Gasteiger partial charge in [0.05, 0.1) is 37.7 Å². The number of halogens is 2. The minimum absolute atomic E-state index is 0.0665. The van der Waals surface area contributed by atoms with Crippen molar-refractivity contribution in [2.45, 2.75) is 77.2 Å². The fourth-order valence-electron chi connectivity index (χ4n) is 4.93. The summed E-state index contributed by atoms with van der Waals surface area (Å²) >= 11 is 12.8. The Hall–Kier alpha value is -1.81. The summed E-state index contributed by atoms with van der Waals surface area (Å²) in [6, 6.07) is 3.13. The predicted molar refractivity (Wildman–Crippen MR) is 161 cm³/mol. The highest BCUT2D eigenvalue weighted by molar-refractivity contribution is 7.84. The second-order valence-corrected chi connectivity index (χ2v) is 15.3. The van der Waals surface area contributed by atoms with Crippen LogP contribution in [0, 0.1) is 11.8 Å². The topological polar surface area (TPSA) is 88.2 Å². The fourth-order valence-corrected chi connectivity index (χ4v) is 6.16. The number of nitrogens with zero attached hydrogens (tertiary/aromatic N) is 2. The van der Waals surface area contributed by atoms with E-state index in [0.29, 0.717) is 61.2 Å². The Morgan fingerprint density at radius 3 is 2.25 bits per heavy atom. The molecule has 0 bridgehead atoms. The second-order valence-electron chi connectivity index (χ2n) is 12.5. The van der Waals surface area contributed by atoms with Crippen LogP contribution in [0.25, 0.3) is 0 Å². The van der Waals surface area contributed by atoms with Gasteiger partial charge in [0.1, 0.15) is 18.0 Å². The standard InChI is InChI=1S/C29H43Cl2N3O5S/c1-8-15-38-24-17-23(31)22(30)16-21(24)25(32-40(37)29(5,6)7)19-9-12-33(13-10-19)26(35)20-11-14-34(18-20)27(36)39-28(2,3)4/h8,16-17,19-20,25,32H,1,9-15,18H2,2-7H3/t20-,25?,40?/m1/s1. The number of rotatable bonds is 8. The van der Waals surface area contributed by atoms with Crippen LogP contribution < -0.4 is 9.46 Å². The van der Waals surface area contributed by atoms with Crippen LogP contribution in [0.3, 0.4) is 0 Å². The van der Waals surface area contributed by atoms with Crippen LogP contribution in [-0.2, 0) is 20.5 Å². The molecule has 1 aromatic rings. The SMILES string of the molecule is C=CCOc1cc(Cl)c(Cl)cc1C(NS(=O)C(C)(C)C)C1CCN(C(=O)[C@@H]2CCN(C(=O)OC(C)(C)C)C2)CC1. The highest BCUT2D eigenvalue weighted by Crippen LogP contribution is 2.41. The number of ether oxygens (including phenoxy) is 2. The molecule has 2 saturated heterocycles. The van der Waals surface area contributed by atoms with Gasteiger partial charge in [-0.05, 0) is 72.8 Å². The molecule has 0 aliphatic carbocycles. The fraction of sp³-hybridized carbons (Fsp3) is 0.655. The first-order chi connectivity index (χ1) is 18.6. The number of hydrogen-bond donors (Lipinski definition) is 1. The average molecular weight is 617 g/mol. The first-order valence-corrected chi connectivity index (χ1v) is 15.7. The van der Waals surface area contributed by atoms with Gasteiger partial charge in [-0.25, -0.2) is 13.7 Å². The molecule has 2 unspecified atom stereocenters. The Morgan fingerprint density at radius 1 is 1.07 bits per heavy atom. The van der Waals surface area contributed by atoms with Gasteiger partial charge < -0.3 is 19.3 Å². The van der Waals surface area contributed by atoms with Gasteiger partial charge in [-0.3, -0.25) is 4.79 Å². The molecule has 8 nitrogen and oxygen atoms in total. The molecule has 0 aromatic heterocycles. The maximum atomic E-state index is 13.4. The normalized spacial score (nSPS) is 20.2. The molecule has 0 saturated carbocycles. The molecule has 2 aliphatic rings. The molecule has 2 heterocycles. The lowest BCUT2D eigenvalue weighted by atomic mass is 9.85. The van der Waals surface area contributed by atoms with Crippen LogP contribution in [-0.4, -0.2) is 69.1 Å². The van der Waals surface area contributed by atoms with Crippen LogP contribution in [0.5, 0.6) is 5.75 Å². The molecule has 224 valence electrons. The van der Waals surface area contributed by atoms with Crippen molar-refractivity contribution in [3.8, 4) is 5.75 Å². The van der Waals surface area contributed by atoms with E-state index in [4.69, 9.17) is 32.7 Å². The number of amides is 2. The van der Waals surface area contributed by atoms with Crippen molar-refractivity contribution in [3.63, 3.8) is 0 Å². The van der Waals surface area contributed by atoms with E-state index in [1.165, 1.54) is 0 Å². The van der Waals surface area contributed by atoms with Crippen molar-refractivity contribution in [3.05, 3.63) is 40.4 Å². The third-order valence-electron chi connectivity index (χ3n) is 7.05. The molecule has 40 heavy (non-hydrogen) atoms. The first-order valence-electron chi connectivity index (χ1n) is 13.8. The third kappa shape index (κ3) is 8.60. The molecular weight excluding hydrogens is 573 g/mol. The number of carbonyl (C=O) groups is 2. The van der Waals surface area contributed by atoms with Crippen molar-refractivity contribution in [1.82, 2.24) is 14.5 Å². The molecule has 11 heteroatoms. The van der Waals surface area contributed by atoms with Crippen LogP contribution in [0.15, 0.2) is 24.8 Å². The van der Waals surface area contributed by atoms with Gasteiger partial charge >= 0.3 is 6.09 Å². The van der Waals surface area contributed by atoms with Gasteiger partial charge in [0.15, 0.2) is 0 Å². The minimum Gasteiger partial charge on any atom is -0.489 e. The van der Waals surface area contributed by atoms with E-state index in [2.05, 4.69) is 11.3 Å². The van der Waals surface area contributed by atoms with Gasteiger partial charge in [-0.2, -0.15) is 0 Å². The van der Waals surface area contributed by atoms with Crippen LogP contribution in [0.2, 0.25) is 10.0 Å². The first kappa shape index (κ1) is 32.7. The van der Waals surface area contributed by atoms with E-state index >= 15 is 0 Å². The zero-order valence-electron chi connectivity index (χ0n) is 24.4. The van der Waals surface area contributed by atoms with Crippen LogP contribution in [0.1, 0.15) is 72.4 Å². The number of benzene rings is 1. The Morgan fingerprint density at radius 2 is 1.68 bits per heavy atom. The van der Waals surface area contributed by atoms with Gasteiger partial charge in [-0.15, -0.1) is 0 Å². The third-order valence-corrected chi connectivity index (χ3v) is 9.35. The highest BCUT2D eigenvalue weighted by Gasteiger charge is 2.39. The molecule has 3 rings (SSSR count). The smallest absolute Gasteiger partial charge is 0.410 e. The lowest BCUT2D eigenvalue weighted by molar-refractivity contribution is -0.136. The maximum absolute atomic E-state index is 13.4. The van der Waals surface area contributed by atoms with Gasteiger partial charge in [0, 0.05) is 37.8 Å². The summed E-state index contributed by atoms with van der Waals surface area (Å²) in [5.74, 6) is 0.460. The van der Waals surface area contributed by atoms with Crippen LogP contribution in [0.4, 0.5) is 4.79 Å². The van der Waals surface area contributed by atoms with Crippen molar-refractivity contribution in [2.24, 2.45) is 11.8 Å². The Balaban J connectivity index is 1.74. The summed E-state index contributed by atoms with van der Waals surface area (Å²) in [6.07, 6.45) is 3.31. The second kappa shape index (κ2) is 13.4. The van der Waals surface area contributed by atoms with Gasteiger partial charge in [-0.1, -0.05) is 35.9 Å². The molecular formula is C29H43Cl2N3O5S. The molecule has 3 atom stereocenters. The molecule has 2 aliphatic heterocycles. The molecule has 1 aromatic carbocycles. The zero-order valence-corrected chi connectivity index (χ0v) is 26.8. The Kier molecular flexibility index (Phi) is 11.0. The van der Waals surface area contributed by atoms with E-state index in [-0.39, 0.29) is 36.5 Å². The van der Waals surface area contributed by atoms with E-state index in [0.717, 1.165) is 5.56 Å². The number of likely N-dealkylation sites (tertiary alicyclic amines) is 2. The largest absolute Gasteiger partial charge is 0.489 e. The Bertz CT molecular complexity index is 1110. The van der Waals surface area contributed by atoms with E-state index < -0.39 is 21.3 Å². The molecule has 0 spiro atoms. The average Bonchev–Trinajstić information content (AvgIpc) is 3.36. The number of carbonyl (C=O) groups excluding carboxylic acids is 2. The summed E-state index contributed by atoms with van der Waals surface area (Å²) in [5.41, 5.74) is 0.204. The summed E-state index contributed by atoms with van der Waals surface area (Å²) in [6.45, 7) is 17.3. The van der Waals surface area contributed by atoms with Crippen molar-refractivity contribution < 1.29 is 23.3 Å². The summed E-state index contributed by atoms with van der Waals surface area (Å²) in [7, 11) is -1.36. The van der Waals surface area contributed by atoms with E-state index in [9.17, 15) is 13.8 Å². The quantitative estimate of drug-likeness (QED) is 0.355. The summed E-state index contributed by atoms with van der Waals surface area (Å²) in [5, 5.41) is 0.761. The van der Waals surface area contributed by atoms with Gasteiger partial charge in [0.2, 0.25) is 5.91 Å². The van der Waals surface area contributed by atoms with Gasteiger partial charge in [0.25, 0.3) is 0 Å². The van der Waals surface area contributed by atoms with Crippen molar-refractivity contribution in [1.29, 1.82) is 0 Å². The monoisotopic (exact) mass is 615 g/mol. The lowest BCUT2D eigenvalue weighted by Gasteiger charge is -2.38. The number of nitrogens with one attached hydrogen (secondary N) is 1. The molecule has 1 N–H and O–H groups in total. The van der Waals surface area contributed by atoms with E-state index in [1.54, 1.807) is 23.1 Å². The highest BCUT2D eigenvalue weighted by atomic mass is 35.5. The number of hydrogen-bond acceptors (Lipinski definition) is 5. The predicted octanol–water partition coefficient (Wildman–Crippen LogP) is 6.15. The lowest BCUT2D eigenvalue weighted by Crippen LogP contribution is -2.46.